The van der Waals surface area contributed by atoms with Gasteiger partial charge in [-0.05, 0) is 29.8 Å². The number of carbonyl (C=O) groups is 1. The second kappa shape index (κ2) is 6.74. The summed E-state index contributed by atoms with van der Waals surface area (Å²) in [6.45, 7) is 0.424. The quantitative estimate of drug-likeness (QED) is 0.809. The van der Waals surface area contributed by atoms with Gasteiger partial charge >= 0.3 is 0 Å². The van der Waals surface area contributed by atoms with Crippen molar-refractivity contribution >= 4 is 43.5 Å². The van der Waals surface area contributed by atoms with E-state index in [2.05, 4.69) is 20.7 Å². The lowest BCUT2D eigenvalue weighted by Crippen LogP contribution is -2.32. The Morgan fingerprint density at radius 1 is 1.25 bits per heavy atom. The molecule has 1 amide bonds. The van der Waals surface area contributed by atoms with Crippen LogP contribution < -0.4 is 9.46 Å². The molecular formula is C16H13BrClNO4S. The monoisotopic (exact) mass is 429 g/mol. The molecule has 0 aliphatic carbocycles. The molecule has 2 aromatic carbocycles. The molecule has 0 atom stereocenters. The average Bonchev–Trinajstić information content (AvgIpc) is 2.96. The van der Waals surface area contributed by atoms with Crippen LogP contribution >= 0.6 is 27.5 Å². The molecule has 24 heavy (non-hydrogen) atoms. The number of benzene rings is 2. The van der Waals surface area contributed by atoms with Gasteiger partial charge in [-0.2, -0.15) is 0 Å². The van der Waals surface area contributed by atoms with Gasteiger partial charge in [-0.25, -0.2) is 13.1 Å². The average molecular weight is 431 g/mol. The number of fused-ring (bicyclic) bond motifs is 1. The third-order valence-electron chi connectivity index (χ3n) is 3.53. The minimum atomic E-state index is -4.02. The van der Waals surface area contributed by atoms with Crippen molar-refractivity contribution in [2.24, 2.45) is 0 Å². The number of hydrogen-bond donors (Lipinski definition) is 1. The topological polar surface area (TPSA) is 72.5 Å². The first-order valence-electron chi connectivity index (χ1n) is 7.10. The lowest BCUT2D eigenvalue weighted by Gasteiger charge is -2.11. The van der Waals surface area contributed by atoms with Crippen molar-refractivity contribution in [1.82, 2.24) is 4.72 Å². The van der Waals surface area contributed by atoms with E-state index in [1.165, 1.54) is 6.07 Å². The summed E-state index contributed by atoms with van der Waals surface area (Å²) >= 11 is 9.08. The molecule has 2 aromatic rings. The third-order valence-corrected chi connectivity index (χ3v) is 5.62. The van der Waals surface area contributed by atoms with Crippen molar-refractivity contribution in [2.75, 3.05) is 6.61 Å². The Hall–Kier alpha value is -1.57. The Kier molecular flexibility index (Phi) is 4.85. The molecule has 126 valence electrons. The van der Waals surface area contributed by atoms with Crippen molar-refractivity contribution < 1.29 is 17.9 Å². The zero-order chi connectivity index (χ0) is 17.3. The summed E-state index contributed by atoms with van der Waals surface area (Å²) in [5.74, 6) is -0.311. The minimum absolute atomic E-state index is 0.0335. The fraction of sp³-hybridized carbons (Fsp3) is 0.188. The largest absolute Gasteiger partial charge is 0.492 e. The van der Waals surface area contributed by atoms with Crippen molar-refractivity contribution in [3.05, 3.63) is 57.0 Å². The summed E-state index contributed by atoms with van der Waals surface area (Å²) < 4.78 is 33.2. The number of nitrogens with one attached hydrogen (secondary N) is 1. The van der Waals surface area contributed by atoms with E-state index in [9.17, 15) is 13.2 Å². The zero-order valence-electron chi connectivity index (χ0n) is 12.4. The Balaban J connectivity index is 1.81. The van der Waals surface area contributed by atoms with Crippen LogP contribution in [0.4, 0.5) is 0 Å². The number of sulfonamides is 1. The van der Waals surface area contributed by atoms with Gasteiger partial charge in [-0.3, -0.25) is 4.79 Å². The lowest BCUT2D eigenvalue weighted by atomic mass is 10.1. The van der Waals surface area contributed by atoms with Crippen LogP contribution in [-0.2, 0) is 27.7 Å². The van der Waals surface area contributed by atoms with Crippen LogP contribution in [0.25, 0.3) is 0 Å². The van der Waals surface area contributed by atoms with Crippen LogP contribution in [0.1, 0.15) is 11.1 Å². The Bertz CT molecular complexity index is 897. The predicted octanol–water partition coefficient (Wildman–Crippen LogP) is 3.09. The van der Waals surface area contributed by atoms with Crippen LogP contribution in [0.3, 0.4) is 0 Å². The van der Waals surface area contributed by atoms with Gasteiger partial charge in [0, 0.05) is 21.5 Å². The van der Waals surface area contributed by atoms with Gasteiger partial charge in [-0.1, -0.05) is 39.7 Å². The van der Waals surface area contributed by atoms with Crippen LogP contribution in [0, 0.1) is 0 Å². The zero-order valence-corrected chi connectivity index (χ0v) is 15.5. The number of carbonyl (C=O) groups excluding carboxylic acids is 1. The van der Waals surface area contributed by atoms with Gasteiger partial charge in [0.25, 0.3) is 10.0 Å². The summed E-state index contributed by atoms with van der Waals surface area (Å²) in [6, 6.07) is 9.89. The summed E-state index contributed by atoms with van der Waals surface area (Å²) in [5.41, 5.74) is 1.47. The maximum atomic E-state index is 12.5. The van der Waals surface area contributed by atoms with Gasteiger partial charge in [-0.15, -0.1) is 0 Å². The Morgan fingerprint density at radius 2 is 1.96 bits per heavy atom. The fourth-order valence-electron chi connectivity index (χ4n) is 2.46. The van der Waals surface area contributed by atoms with Crippen molar-refractivity contribution in [3.63, 3.8) is 0 Å². The highest BCUT2D eigenvalue weighted by Crippen LogP contribution is 2.35. The number of halogens is 2. The number of ether oxygens (including phenoxy) is 1. The molecule has 0 radical (unpaired) electrons. The second-order valence-corrected chi connectivity index (χ2v) is 8.33. The fourth-order valence-corrected chi connectivity index (χ4v) is 4.44. The van der Waals surface area contributed by atoms with E-state index in [1.54, 1.807) is 24.3 Å². The van der Waals surface area contributed by atoms with Gasteiger partial charge in [0.1, 0.15) is 10.6 Å². The molecule has 5 nitrogen and oxygen atoms in total. The van der Waals surface area contributed by atoms with Crippen molar-refractivity contribution in [3.8, 4) is 5.75 Å². The molecule has 1 aliphatic heterocycles. The highest BCUT2D eigenvalue weighted by atomic mass is 79.9. The summed E-state index contributed by atoms with van der Waals surface area (Å²) in [6.07, 6.45) is 0.573. The summed E-state index contributed by atoms with van der Waals surface area (Å²) in [5, 5.41) is 0.550. The molecule has 0 saturated carbocycles. The Morgan fingerprint density at radius 3 is 2.67 bits per heavy atom. The Labute approximate surface area is 153 Å². The second-order valence-electron chi connectivity index (χ2n) is 5.32. The maximum Gasteiger partial charge on any atom is 0.267 e. The first-order chi connectivity index (χ1) is 11.3. The first kappa shape index (κ1) is 17.3. The van der Waals surface area contributed by atoms with E-state index >= 15 is 0 Å². The molecule has 8 heteroatoms. The predicted molar refractivity (Wildman–Crippen MR) is 93.8 cm³/mol. The van der Waals surface area contributed by atoms with Gasteiger partial charge in [0.2, 0.25) is 5.91 Å². The van der Waals surface area contributed by atoms with Crippen LogP contribution in [0.5, 0.6) is 5.75 Å². The van der Waals surface area contributed by atoms with Crippen LogP contribution in [0.15, 0.2) is 45.8 Å². The SMILES string of the molecule is O=C(Cc1ccc(Cl)cc1)NS(=O)(=O)c1cc(Br)cc2c1OCC2. The summed E-state index contributed by atoms with van der Waals surface area (Å²) in [4.78, 5) is 12.1. The minimum Gasteiger partial charge on any atom is -0.492 e. The molecule has 0 fully saturated rings. The number of hydrogen-bond acceptors (Lipinski definition) is 4. The molecule has 0 saturated heterocycles. The molecule has 3 rings (SSSR count). The van der Waals surface area contributed by atoms with Gasteiger partial charge in [0.15, 0.2) is 0 Å². The smallest absolute Gasteiger partial charge is 0.267 e. The molecule has 0 unspecified atom stereocenters. The normalized spacial score (nSPS) is 13.2. The van der Waals surface area contributed by atoms with Crippen molar-refractivity contribution in [2.45, 2.75) is 17.7 Å². The molecule has 1 N–H and O–H groups in total. The van der Waals surface area contributed by atoms with E-state index in [4.69, 9.17) is 16.3 Å². The van der Waals surface area contributed by atoms with Crippen LogP contribution in [-0.4, -0.2) is 20.9 Å². The van der Waals surface area contributed by atoms with E-state index in [0.29, 0.717) is 33.8 Å². The van der Waals surface area contributed by atoms with E-state index in [0.717, 1.165) is 5.56 Å². The molecule has 0 spiro atoms. The summed E-state index contributed by atoms with van der Waals surface area (Å²) in [7, 11) is -4.02. The van der Waals surface area contributed by atoms with Gasteiger partial charge < -0.3 is 4.74 Å². The molecule has 0 bridgehead atoms. The van der Waals surface area contributed by atoms with Crippen LogP contribution in [0.2, 0.25) is 5.02 Å². The van der Waals surface area contributed by atoms with E-state index in [1.807, 2.05) is 6.07 Å². The molecule has 0 aromatic heterocycles. The van der Waals surface area contributed by atoms with Crippen molar-refractivity contribution in [1.29, 1.82) is 0 Å². The highest BCUT2D eigenvalue weighted by Gasteiger charge is 2.27. The lowest BCUT2D eigenvalue weighted by molar-refractivity contribution is -0.118. The van der Waals surface area contributed by atoms with E-state index < -0.39 is 15.9 Å². The van der Waals surface area contributed by atoms with E-state index in [-0.39, 0.29) is 11.3 Å². The first-order valence-corrected chi connectivity index (χ1v) is 9.76. The van der Waals surface area contributed by atoms with Gasteiger partial charge in [0.05, 0.1) is 13.0 Å². The highest BCUT2D eigenvalue weighted by molar-refractivity contribution is 9.10. The molecular weight excluding hydrogens is 418 g/mol. The maximum absolute atomic E-state index is 12.5. The standard InChI is InChI=1S/C16H13BrClNO4S/c17-12-8-11-5-6-23-16(11)14(9-12)24(21,22)19-15(20)7-10-1-3-13(18)4-2-10/h1-4,8-9H,5-7H2,(H,19,20). The molecule has 1 heterocycles. The number of rotatable bonds is 4. The molecule has 1 aliphatic rings. The number of amides is 1. The third kappa shape index (κ3) is 3.74.